The van der Waals surface area contributed by atoms with Gasteiger partial charge >= 0.3 is 12.0 Å². The van der Waals surface area contributed by atoms with Gasteiger partial charge in [-0.2, -0.15) is 0 Å². The summed E-state index contributed by atoms with van der Waals surface area (Å²) in [6.45, 7) is 4.17. The first-order valence-corrected chi connectivity index (χ1v) is 11.9. The molecule has 0 aliphatic rings. The number of carbonyl (C=O) groups is 2. The molecule has 0 aliphatic heterocycles. The molecule has 2 amide bonds. The van der Waals surface area contributed by atoms with Gasteiger partial charge in [0.1, 0.15) is 5.82 Å². The van der Waals surface area contributed by atoms with Gasteiger partial charge in [-0.25, -0.2) is 9.78 Å². The highest BCUT2D eigenvalue weighted by atomic mass is 16.4. The van der Waals surface area contributed by atoms with Crippen molar-refractivity contribution >= 4 is 23.5 Å². The molecular formula is C29H28N4O4. The third-order valence-electron chi connectivity index (χ3n) is 6.11. The van der Waals surface area contributed by atoms with Crippen molar-refractivity contribution < 1.29 is 14.7 Å². The van der Waals surface area contributed by atoms with Crippen LogP contribution in [0.15, 0.2) is 90.0 Å². The zero-order chi connectivity index (χ0) is 26.4. The molecular weight excluding hydrogens is 468 g/mol. The van der Waals surface area contributed by atoms with Crippen LogP contribution in [0.5, 0.6) is 0 Å². The van der Waals surface area contributed by atoms with Crippen LogP contribution in [0.2, 0.25) is 0 Å². The van der Waals surface area contributed by atoms with E-state index >= 15 is 0 Å². The summed E-state index contributed by atoms with van der Waals surface area (Å²) in [6.07, 6.45) is 3.36. The predicted octanol–water partition coefficient (Wildman–Crippen LogP) is 5.49. The number of nitrogens with zero attached hydrogens (tertiary/aromatic N) is 2. The number of aryl methyl sites for hydroxylation is 1. The zero-order valence-corrected chi connectivity index (χ0v) is 20.6. The highest BCUT2D eigenvalue weighted by Gasteiger charge is 2.12. The van der Waals surface area contributed by atoms with Crippen LogP contribution in [0, 0.1) is 6.92 Å². The summed E-state index contributed by atoms with van der Waals surface area (Å²) < 4.78 is 1.62. The molecule has 1 atom stereocenters. The average molecular weight is 497 g/mol. The number of para-hydroxylation sites is 1. The highest BCUT2D eigenvalue weighted by Crippen LogP contribution is 2.20. The summed E-state index contributed by atoms with van der Waals surface area (Å²) in [4.78, 5) is 40.7. The number of amides is 2. The molecule has 2 aromatic carbocycles. The normalized spacial score (nSPS) is 11.5. The Labute approximate surface area is 214 Å². The van der Waals surface area contributed by atoms with E-state index in [0.29, 0.717) is 29.2 Å². The van der Waals surface area contributed by atoms with E-state index in [2.05, 4.69) is 15.6 Å². The van der Waals surface area contributed by atoms with Crippen molar-refractivity contribution in [1.82, 2.24) is 9.55 Å². The maximum atomic E-state index is 13.2. The van der Waals surface area contributed by atoms with E-state index in [1.807, 2.05) is 68.4 Å². The molecule has 0 radical (unpaired) electrons. The molecule has 8 heteroatoms. The molecule has 0 aliphatic carbocycles. The smallest absolute Gasteiger partial charge is 0.324 e. The lowest BCUT2D eigenvalue weighted by Gasteiger charge is -2.12. The Balaban J connectivity index is 1.44. The van der Waals surface area contributed by atoms with Gasteiger partial charge in [0, 0.05) is 29.2 Å². The third-order valence-corrected chi connectivity index (χ3v) is 6.11. The Morgan fingerprint density at radius 2 is 1.73 bits per heavy atom. The minimum Gasteiger partial charge on any atom is -0.481 e. The summed E-state index contributed by atoms with van der Waals surface area (Å²) in [6, 6.07) is 21.7. The van der Waals surface area contributed by atoms with Gasteiger partial charge in [0.2, 0.25) is 0 Å². The second-order valence-electron chi connectivity index (χ2n) is 8.92. The first-order valence-electron chi connectivity index (χ1n) is 11.9. The molecule has 2 aromatic heterocycles. The molecule has 3 N–H and O–H groups in total. The van der Waals surface area contributed by atoms with E-state index in [1.165, 1.54) is 0 Å². The monoisotopic (exact) mass is 496 g/mol. The van der Waals surface area contributed by atoms with Crippen LogP contribution in [-0.2, 0) is 11.3 Å². The van der Waals surface area contributed by atoms with Crippen LogP contribution in [0.1, 0.15) is 36.0 Å². The number of hydrogen-bond acceptors (Lipinski definition) is 4. The van der Waals surface area contributed by atoms with Gasteiger partial charge in [0.15, 0.2) is 0 Å². The number of rotatable bonds is 8. The molecule has 0 bridgehead atoms. The Morgan fingerprint density at radius 1 is 0.973 bits per heavy atom. The number of pyridine rings is 2. The van der Waals surface area contributed by atoms with Crippen LogP contribution in [0.3, 0.4) is 0 Å². The Hall–Kier alpha value is -4.72. The lowest BCUT2D eigenvalue weighted by atomic mass is 9.97. The first kappa shape index (κ1) is 25.4. The maximum Gasteiger partial charge on any atom is 0.324 e. The van der Waals surface area contributed by atoms with Crippen molar-refractivity contribution in [2.75, 3.05) is 10.6 Å². The lowest BCUT2D eigenvalue weighted by molar-refractivity contribution is -0.137. The minimum atomic E-state index is -0.830. The van der Waals surface area contributed by atoms with Crippen molar-refractivity contribution in [1.29, 1.82) is 0 Å². The van der Waals surface area contributed by atoms with Crippen molar-refractivity contribution in [2.24, 2.45) is 0 Å². The molecule has 0 saturated heterocycles. The Bertz CT molecular complexity index is 1460. The SMILES string of the molecule is Cc1ccccc1NC(=O)Nc1ccc(-c2cccn(Cc3ccc([C@H](C)CC(=O)O)cc3)c2=O)cn1. The number of urea groups is 1. The third kappa shape index (κ3) is 6.49. The molecule has 188 valence electrons. The van der Waals surface area contributed by atoms with Crippen molar-refractivity contribution in [3.8, 4) is 11.1 Å². The summed E-state index contributed by atoms with van der Waals surface area (Å²) >= 11 is 0. The summed E-state index contributed by atoms with van der Waals surface area (Å²) in [5, 5.41) is 14.5. The van der Waals surface area contributed by atoms with Gasteiger partial charge in [-0.05, 0) is 59.9 Å². The molecule has 0 spiro atoms. The quantitative estimate of drug-likeness (QED) is 0.299. The molecule has 4 rings (SSSR count). The molecule has 8 nitrogen and oxygen atoms in total. The predicted molar refractivity (Wildman–Crippen MR) is 144 cm³/mol. The maximum absolute atomic E-state index is 13.2. The standard InChI is InChI=1S/C29H28N4O4/c1-19-6-3-4-8-25(19)31-29(37)32-26-14-13-23(17-30-26)24-7-5-15-33(28(24)36)18-21-9-11-22(12-10-21)20(2)16-27(34)35/h3-15,17,20H,16,18H2,1-2H3,(H,34,35)(H2,30,31,32,37)/t20-/m1/s1. The van der Waals surface area contributed by atoms with Gasteiger partial charge < -0.3 is 15.0 Å². The van der Waals surface area contributed by atoms with Gasteiger partial charge in [0.05, 0.1) is 13.0 Å². The number of anilines is 2. The molecule has 0 saturated carbocycles. The van der Waals surface area contributed by atoms with Crippen LogP contribution < -0.4 is 16.2 Å². The fraction of sp³-hybridized carbons (Fsp3) is 0.172. The topological polar surface area (TPSA) is 113 Å². The van der Waals surface area contributed by atoms with Crippen molar-refractivity contribution in [3.63, 3.8) is 0 Å². The number of carboxylic acids is 1. The van der Waals surface area contributed by atoms with Crippen LogP contribution in [-0.4, -0.2) is 26.7 Å². The second-order valence-corrected chi connectivity index (χ2v) is 8.92. The zero-order valence-electron chi connectivity index (χ0n) is 20.6. The number of carbonyl (C=O) groups excluding carboxylic acids is 1. The van der Waals surface area contributed by atoms with E-state index in [1.54, 1.807) is 35.2 Å². The molecule has 2 heterocycles. The lowest BCUT2D eigenvalue weighted by Crippen LogP contribution is -2.22. The van der Waals surface area contributed by atoms with Crippen LogP contribution in [0.25, 0.3) is 11.1 Å². The fourth-order valence-electron chi connectivity index (χ4n) is 4.02. The molecule has 0 fully saturated rings. The first-order chi connectivity index (χ1) is 17.8. The van der Waals surface area contributed by atoms with Gasteiger partial charge in [0.25, 0.3) is 5.56 Å². The Morgan fingerprint density at radius 3 is 2.41 bits per heavy atom. The number of benzene rings is 2. The molecule has 37 heavy (non-hydrogen) atoms. The Kier molecular flexibility index (Phi) is 7.78. The van der Waals surface area contributed by atoms with E-state index in [-0.39, 0.29) is 17.9 Å². The summed E-state index contributed by atoms with van der Waals surface area (Å²) in [5.74, 6) is -0.553. The van der Waals surface area contributed by atoms with Gasteiger partial charge in [-0.1, -0.05) is 49.4 Å². The summed E-state index contributed by atoms with van der Waals surface area (Å²) in [7, 11) is 0. The van der Waals surface area contributed by atoms with Gasteiger partial charge in [-0.15, -0.1) is 0 Å². The number of carboxylic acid groups (broad SMARTS) is 1. The number of aromatic nitrogens is 2. The second kappa shape index (κ2) is 11.3. The summed E-state index contributed by atoms with van der Waals surface area (Å²) in [5.41, 5.74) is 4.52. The number of hydrogen-bond donors (Lipinski definition) is 3. The van der Waals surface area contributed by atoms with Gasteiger partial charge in [-0.3, -0.25) is 14.9 Å². The fourth-order valence-corrected chi connectivity index (χ4v) is 4.02. The highest BCUT2D eigenvalue weighted by molar-refractivity contribution is 5.99. The van der Waals surface area contributed by atoms with Crippen LogP contribution in [0.4, 0.5) is 16.3 Å². The van der Waals surface area contributed by atoms with E-state index in [4.69, 9.17) is 5.11 Å². The van der Waals surface area contributed by atoms with E-state index in [9.17, 15) is 14.4 Å². The average Bonchev–Trinajstić information content (AvgIpc) is 2.87. The van der Waals surface area contributed by atoms with E-state index in [0.717, 1.165) is 16.7 Å². The molecule has 0 unspecified atom stereocenters. The largest absolute Gasteiger partial charge is 0.481 e. The van der Waals surface area contributed by atoms with Crippen molar-refractivity contribution in [3.05, 3.63) is 112 Å². The number of nitrogens with one attached hydrogen (secondary N) is 2. The van der Waals surface area contributed by atoms with Crippen molar-refractivity contribution in [2.45, 2.75) is 32.7 Å². The molecule has 4 aromatic rings. The number of aliphatic carboxylic acids is 1. The minimum absolute atomic E-state index is 0.0700. The van der Waals surface area contributed by atoms with E-state index < -0.39 is 12.0 Å². The van der Waals surface area contributed by atoms with Crippen LogP contribution >= 0.6 is 0 Å².